The van der Waals surface area contributed by atoms with Crippen LogP contribution in [-0.2, 0) is 9.59 Å². The average molecular weight is 158 g/mol. The first-order valence-electron chi connectivity index (χ1n) is 3.07. The minimum atomic E-state index is -0.231. The molecule has 2 amide bonds. The maximum atomic E-state index is 10.1. The summed E-state index contributed by atoms with van der Waals surface area (Å²) >= 11 is 0. The highest BCUT2D eigenvalue weighted by Gasteiger charge is 1.87. The molecule has 0 fully saturated rings. The zero-order valence-electron chi connectivity index (χ0n) is 7.42. The highest BCUT2D eigenvalue weighted by atomic mass is 16.2. The van der Waals surface area contributed by atoms with Gasteiger partial charge < -0.3 is 4.90 Å². The van der Waals surface area contributed by atoms with Crippen molar-refractivity contribution in [2.45, 2.75) is 13.8 Å². The van der Waals surface area contributed by atoms with Gasteiger partial charge in [0, 0.05) is 27.9 Å². The fraction of sp³-hybridized carbons (Fsp3) is 0.571. The van der Waals surface area contributed by atoms with Crippen LogP contribution in [0.4, 0.5) is 0 Å². The monoisotopic (exact) mass is 158 g/mol. The van der Waals surface area contributed by atoms with Crippen LogP contribution >= 0.6 is 0 Å². The van der Waals surface area contributed by atoms with E-state index >= 15 is 0 Å². The first-order valence-corrected chi connectivity index (χ1v) is 3.07. The van der Waals surface area contributed by atoms with Crippen LogP contribution in [0.3, 0.4) is 0 Å². The fourth-order valence-electron chi connectivity index (χ4n) is 0. The second kappa shape index (κ2) is 6.92. The van der Waals surface area contributed by atoms with Crippen molar-refractivity contribution in [3.63, 3.8) is 0 Å². The molecule has 0 N–H and O–H groups in total. The Morgan fingerprint density at radius 1 is 1.27 bits per heavy atom. The van der Waals surface area contributed by atoms with E-state index in [1.165, 1.54) is 18.7 Å². The molecule has 0 rings (SSSR count). The lowest BCUT2D eigenvalue weighted by molar-refractivity contribution is -0.126. The van der Waals surface area contributed by atoms with E-state index in [0.29, 0.717) is 0 Å². The number of rotatable bonds is 0. The molecule has 0 atom stereocenters. The van der Waals surface area contributed by atoms with Gasteiger partial charge in [-0.1, -0.05) is 0 Å². The predicted molar refractivity (Wildman–Crippen MR) is 44.6 cm³/mol. The minimum absolute atomic E-state index is 0.0926. The normalized spacial score (nSPS) is 7.27. The third-order valence-electron chi connectivity index (χ3n) is 0.852. The Kier molecular flexibility index (Phi) is 7.86. The molecule has 0 aromatic carbocycles. The summed E-state index contributed by atoms with van der Waals surface area (Å²) in [5.74, 6) is -0.139. The lowest BCUT2D eigenvalue weighted by atomic mass is 10.7. The fourth-order valence-corrected chi connectivity index (χ4v) is 0. The zero-order valence-corrected chi connectivity index (χ0v) is 7.42. The maximum absolute atomic E-state index is 10.1. The van der Waals surface area contributed by atoms with Crippen LogP contribution in [0.5, 0.6) is 0 Å². The Balaban J connectivity index is 0. The first-order chi connectivity index (χ1) is 4.91. The Hall–Kier alpha value is -1.19. The van der Waals surface area contributed by atoms with Gasteiger partial charge in [-0.25, -0.2) is 4.99 Å². The highest BCUT2D eigenvalue weighted by Crippen LogP contribution is 1.69. The Bertz CT molecular complexity index is 153. The highest BCUT2D eigenvalue weighted by molar-refractivity contribution is 5.77. The lowest BCUT2D eigenvalue weighted by Gasteiger charge is -2.02. The van der Waals surface area contributed by atoms with Crippen molar-refractivity contribution in [2.75, 3.05) is 14.1 Å². The van der Waals surface area contributed by atoms with Crippen molar-refractivity contribution >= 4 is 18.5 Å². The molecule has 0 bridgehead atoms. The predicted octanol–water partition coefficient (Wildman–Crippen LogP) is 0.328. The summed E-state index contributed by atoms with van der Waals surface area (Å²) in [4.78, 5) is 24.2. The van der Waals surface area contributed by atoms with Crippen molar-refractivity contribution in [1.29, 1.82) is 0 Å². The molecule has 0 aromatic heterocycles. The van der Waals surface area contributed by atoms with E-state index in [1.54, 1.807) is 14.1 Å². The smallest absolute Gasteiger partial charge is 0.241 e. The SMILES string of the molecule is C=NC(C)=O.CC(=O)N(C)C. The van der Waals surface area contributed by atoms with Crippen LogP contribution < -0.4 is 0 Å². The van der Waals surface area contributed by atoms with Gasteiger partial charge in [-0.2, -0.15) is 0 Å². The van der Waals surface area contributed by atoms with E-state index in [1.807, 2.05) is 0 Å². The molecule has 0 radical (unpaired) electrons. The van der Waals surface area contributed by atoms with Gasteiger partial charge in [0.15, 0.2) is 0 Å². The van der Waals surface area contributed by atoms with Gasteiger partial charge in [-0.3, -0.25) is 9.59 Å². The topological polar surface area (TPSA) is 49.7 Å². The van der Waals surface area contributed by atoms with Crippen LogP contribution in [0, 0.1) is 0 Å². The van der Waals surface area contributed by atoms with Crippen molar-refractivity contribution in [1.82, 2.24) is 4.90 Å². The van der Waals surface area contributed by atoms with Crippen molar-refractivity contribution in [3.05, 3.63) is 0 Å². The summed E-state index contributed by atoms with van der Waals surface area (Å²) in [5, 5.41) is 0. The summed E-state index contributed by atoms with van der Waals surface area (Å²) in [7, 11) is 3.45. The molecule has 64 valence electrons. The average Bonchev–Trinajstić information content (AvgIpc) is 1.89. The molecule has 0 aliphatic rings. The van der Waals surface area contributed by atoms with E-state index in [2.05, 4.69) is 11.7 Å². The third-order valence-corrected chi connectivity index (χ3v) is 0.852. The summed E-state index contributed by atoms with van der Waals surface area (Å²) < 4.78 is 0. The van der Waals surface area contributed by atoms with Crippen LogP contribution in [-0.4, -0.2) is 37.5 Å². The van der Waals surface area contributed by atoms with Crippen molar-refractivity contribution in [3.8, 4) is 0 Å². The largest absolute Gasteiger partial charge is 0.349 e. The van der Waals surface area contributed by atoms with E-state index in [4.69, 9.17) is 0 Å². The molecule has 0 aliphatic carbocycles. The molecule has 11 heavy (non-hydrogen) atoms. The number of nitrogens with zero attached hydrogens (tertiary/aromatic N) is 2. The van der Waals surface area contributed by atoms with Crippen molar-refractivity contribution in [2.24, 2.45) is 4.99 Å². The van der Waals surface area contributed by atoms with Crippen LogP contribution in [0.1, 0.15) is 13.8 Å². The maximum Gasteiger partial charge on any atom is 0.241 e. The molecule has 0 spiro atoms. The molecule has 0 saturated carbocycles. The van der Waals surface area contributed by atoms with Crippen molar-refractivity contribution < 1.29 is 9.59 Å². The van der Waals surface area contributed by atoms with Gasteiger partial charge in [0.2, 0.25) is 11.8 Å². The molecule has 4 heteroatoms. The zero-order chi connectivity index (χ0) is 9.44. The first kappa shape index (κ1) is 12.5. The van der Waals surface area contributed by atoms with Gasteiger partial charge in [0.05, 0.1) is 0 Å². The molecule has 0 unspecified atom stereocenters. The Morgan fingerprint density at radius 3 is 1.45 bits per heavy atom. The Morgan fingerprint density at radius 2 is 1.45 bits per heavy atom. The molecule has 0 aromatic rings. The van der Waals surface area contributed by atoms with Gasteiger partial charge in [0.25, 0.3) is 0 Å². The van der Waals surface area contributed by atoms with Crippen LogP contribution in [0.25, 0.3) is 0 Å². The standard InChI is InChI=1S/C4H9NO.C3H5NO/c1-4(6)5(2)3;1-3(5)4-2/h1-3H3;2H2,1H3. The number of hydrogen-bond donors (Lipinski definition) is 0. The Labute approximate surface area is 66.9 Å². The minimum Gasteiger partial charge on any atom is -0.349 e. The van der Waals surface area contributed by atoms with Crippen LogP contribution in [0.2, 0.25) is 0 Å². The quantitative estimate of drug-likeness (QED) is 0.477. The second-order valence-corrected chi connectivity index (χ2v) is 2.09. The molecule has 0 aliphatic heterocycles. The molecule has 4 nitrogen and oxygen atoms in total. The lowest BCUT2D eigenvalue weighted by Crippen LogP contribution is -2.17. The van der Waals surface area contributed by atoms with Crippen LogP contribution in [0.15, 0.2) is 4.99 Å². The molecule has 0 heterocycles. The van der Waals surface area contributed by atoms with Gasteiger partial charge in [0.1, 0.15) is 0 Å². The summed E-state index contributed by atoms with van der Waals surface area (Å²) in [6.45, 7) is 5.84. The number of hydrogen-bond acceptors (Lipinski definition) is 2. The number of carbonyl (C=O) groups is 2. The number of aliphatic imine (C=N–C) groups is 1. The summed E-state index contributed by atoms with van der Waals surface area (Å²) in [6, 6.07) is 0. The van der Waals surface area contributed by atoms with E-state index < -0.39 is 0 Å². The summed E-state index contributed by atoms with van der Waals surface area (Å²) in [6.07, 6.45) is 0. The number of carbonyl (C=O) groups excluding carboxylic acids is 2. The van der Waals surface area contributed by atoms with Gasteiger partial charge >= 0.3 is 0 Å². The number of amides is 2. The molecule has 0 saturated heterocycles. The second-order valence-electron chi connectivity index (χ2n) is 2.09. The molecular formula is C7H14N2O2. The molecular weight excluding hydrogens is 144 g/mol. The van der Waals surface area contributed by atoms with E-state index in [9.17, 15) is 9.59 Å². The van der Waals surface area contributed by atoms with Gasteiger partial charge in [-0.05, 0) is 6.72 Å². The summed E-state index contributed by atoms with van der Waals surface area (Å²) in [5.41, 5.74) is 0. The van der Waals surface area contributed by atoms with E-state index in [-0.39, 0.29) is 11.8 Å². The van der Waals surface area contributed by atoms with E-state index in [0.717, 1.165) is 0 Å². The van der Waals surface area contributed by atoms with Gasteiger partial charge in [-0.15, -0.1) is 0 Å². The third kappa shape index (κ3) is 17.7.